The van der Waals surface area contributed by atoms with Gasteiger partial charge >= 0.3 is 12.0 Å². The Morgan fingerprint density at radius 1 is 1.05 bits per heavy atom. The van der Waals surface area contributed by atoms with Gasteiger partial charge in [-0.3, -0.25) is 4.79 Å². The minimum absolute atomic E-state index is 0.141. The van der Waals surface area contributed by atoms with Crippen LogP contribution < -0.4 is 16.0 Å². The summed E-state index contributed by atoms with van der Waals surface area (Å²) in [6.07, 6.45) is 0.166. The molecule has 0 heterocycles. The van der Waals surface area contributed by atoms with Gasteiger partial charge in [-0.1, -0.05) is 27.7 Å². The number of carboxylic acid groups (broad SMARTS) is 1. The Labute approximate surface area is 119 Å². The van der Waals surface area contributed by atoms with Crippen molar-refractivity contribution in [3.05, 3.63) is 0 Å². The summed E-state index contributed by atoms with van der Waals surface area (Å²) in [5.41, 5.74) is 0. The zero-order valence-electron chi connectivity index (χ0n) is 12.5. The lowest BCUT2D eigenvalue weighted by molar-refractivity contribution is -0.140. The van der Waals surface area contributed by atoms with Crippen molar-refractivity contribution in [2.24, 2.45) is 11.8 Å². The van der Waals surface area contributed by atoms with Gasteiger partial charge in [-0.05, 0) is 11.8 Å². The second kappa shape index (κ2) is 9.17. The maximum atomic E-state index is 11.5. The summed E-state index contributed by atoms with van der Waals surface area (Å²) in [6.45, 7) is 8.16. The molecule has 0 radical (unpaired) electrons. The average Bonchev–Trinajstić information content (AvgIpc) is 2.32. The van der Waals surface area contributed by atoms with E-state index >= 15 is 0 Å². The van der Waals surface area contributed by atoms with E-state index in [9.17, 15) is 14.4 Å². The van der Waals surface area contributed by atoms with Crippen LogP contribution in [0.3, 0.4) is 0 Å². The first kappa shape index (κ1) is 18.2. The quantitative estimate of drug-likeness (QED) is 0.523. The van der Waals surface area contributed by atoms with Crippen molar-refractivity contribution in [2.75, 3.05) is 13.1 Å². The van der Waals surface area contributed by atoms with Gasteiger partial charge in [0.1, 0.15) is 6.04 Å². The molecule has 20 heavy (non-hydrogen) atoms. The van der Waals surface area contributed by atoms with Crippen LogP contribution >= 0.6 is 0 Å². The molecule has 0 spiro atoms. The molecule has 116 valence electrons. The number of nitrogens with one attached hydrogen (secondary N) is 3. The first-order valence-electron chi connectivity index (χ1n) is 6.77. The Balaban J connectivity index is 3.93. The molecule has 0 aromatic carbocycles. The lowest BCUT2D eigenvalue weighted by atomic mass is 10.1. The van der Waals surface area contributed by atoms with E-state index in [4.69, 9.17) is 5.11 Å². The van der Waals surface area contributed by atoms with E-state index < -0.39 is 18.0 Å². The van der Waals surface area contributed by atoms with Crippen molar-refractivity contribution in [2.45, 2.75) is 40.2 Å². The van der Waals surface area contributed by atoms with Gasteiger partial charge < -0.3 is 21.1 Å². The van der Waals surface area contributed by atoms with Crippen LogP contribution in [0.5, 0.6) is 0 Å². The Kier molecular flexibility index (Phi) is 8.35. The number of carbonyl (C=O) groups excluding carboxylic acids is 2. The molecule has 0 aromatic rings. The van der Waals surface area contributed by atoms with Crippen LogP contribution in [-0.4, -0.2) is 42.1 Å². The summed E-state index contributed by atoms with van der Waals surface area (Å²) in [6, 6.07) is -1.52. The molecule has 0 saturated heterocycles. The van der Waals surface area contributed by atoms with Crippen LogP contribution in [0, 0.1) is 11.8 Å². The molecule has 0 saturated carbocycles. The minimum Gasteiger partial charge on any atom is -0.480 e. The largest absolute Gasteiger partial charge is 0.480 e. The molecule has 0 aliphatic heterocycles. The number of urea groups is 1. The zero-order valence-corrected chi connectivity index (χ0v) is 12.5. The molecule has 7 nitrogen and oxygen atoms in total. The highest BCUT2D eigenvalue weighted by Crippen LogP contribution is 2.01. The maximum absolute atomic E-state index is 11.5. The van der Waals surface area contributed by atoms with Gasteiger partial charge in [0, 0.05) is 19.5 Å². The molecule has 0 aliphatic carbocycles. The zero-order chi connectivity index (χ0) is 15.7. The fourth-order valence-corrected chi connectivity index (χ4v) is 1.40. The average molecular weight is 287 g/mol. The Morgan fingerprint density at radius 3 is 2.10 bits per heavy atom. The fraction of sp³-hybridized carbons (Fsp3) is 0.769. The van der Waals surface area contributed by atoms with E-state index in [-0.39, 0.29) is 24.8 Å². The molecule has 1 unspecified atom stereocenters. The second-order valence-corrected chi connectivity index (χ2v) is 5.41. The van der Waals surface area contributed by atoms with Crippen LogP contribution in [0.1, 0.15) is 34.1 Å². The Bertz CT molecular complexity index is 343. The SMILES string of the molecule is CC(C)CNC(=O)CCNC(=O)NC(C(=O)O)C(C)C. The van der Waals surface area contributed by atoms with E-state index in [0.717, 1.165) is 0 Å². The second-order valence-electron chi connectivity index (χ2n) is 5.41. The standard InChI is InChI=1S/C13H25N3O4/c1-8(2)7-15-10(17)5-6-14-13(20)16-11(9(3)4)12(18)19/h8-9,11H,5-7H2,1-4H3,(H,15,17)(H,18,19)(H2,14,16,20). The number of aliphatic carboxylic acids is 1. The van der Waals surface area contributed by atoms with Crippen molar-refractivity contribution >= 4 is 17.9 Å². The molecule has 0 rings (SSSR count). The van der Waals surface area contributed by atoms with Gasteiger partial charge in [-0.2, -0.15) is 0 Å². The van der Waals surface area contributed by atoms with Crippen molar-refractivity contribution in [1.29, 1.82) is 0 Å². The Morgan fingerprint density at radius 2 is 1.65 bits per heavy atom. The third-order valence-electron chi connectivity index (χ3n) is 2.56. The predicted octanol–water partition coefficient (Wildman–Crippen LogP) is 0.557. The van der Waals surface area contributed by atoms with Gasteiger partial charge in [0.05, 0.1) is 0 Å². The highest BCUT2D eigenvalue weighted by molar-refractivity contribution is 5.83. The highest BCUT2D eigenvalue weighted by Gasteiger charge is 2.23. The lowest BCUT2D eigenvalue weighted by Crippen LogP contribution is -2.49. The van der Waals surface area contributed by atoms with Gasteiger partial charge in [0.25, 0.3) is 0 Å². The third-order valence-corrected chi connectivity index (χ3v) is 2.56. The monoisotopic (exact) mass is 287 g/mol. The van der Waals surface area contributed by atoms with Gasteiger partial charge in [0.15, 0.2) is 0 Å². The molecule has 4 N–H and O–H groups in total. The molecule has 0 aliphatic rings. The molecular formula is C13H25N3O4. The number of amides is 3. The van der Waals surface area contributed by atoms with Crippen LogP contribution in [0.25, 0.3) is 0 Å². The van der Waals surface area contributed by atoms with Crippen LogP contribution in [0.2, 0.25) is 0 Å². The number of rotatable bonds is 8. The number of hydrogen-bond donors (Lipinski definition) is 4. The topological polar surface area (TPSA) is 108 Å². The summed E-state index contributed by atoms with van der Waals surface area (Å²) in [5.74, 6) is -1.06. The van der Waals surface area contributed by atoms with Crippen LogP contribution in [0.4, 0.5) is 4.79 Å². The molecule has 0 bridgehead atoms. The van der Waals surface area contributed by atoms with E-state index in [1.165, 1.54) is 0 Å². The van der Waals surface area contributed by atoms with Gasteiger partial charge in [-0.25, -0.2) is 9.59 Å². The van der Waals surface area contributed by atoms with Gasteiger partial charge in [-0.15, -0.1) is 0 Å². The Hall–Kier alpha value is -1.79. The molecular weight excluding hydrogens is 262 g/mol. The van der Waals surface area contributed by atoms with Crippen molar-refractivity contribution < 1.29 is 19.5 Å². The van der Waals surface area contributed by atoms with E-state index in [0.29, 0.717) is 12.5 Å². The minimum atomic E-state index is -1.08. The number of hydrogen-bond acceptors (Lipinski definition) is 3. The van der Waals surface area contributed by atoms with E-state index in [1.54, 1.807) is 13.8 Å². The van der Waals surface area contributed by atoms with Crippen molar-refractivity contribution in [3.8, 4) is 0 Å². The van der Waals surface area contributed by atoms with Crippen molar-refractivity contribution in [3.63, 3.8) is 0 Å². The van der Waals surface area contributed by atoms with E-state index in [2.05, 4.69) is 16.0 Å². The molecule has 0 aromatic heterocycles. The summed E-state index contributed by atoms with van der Waals surface area (Å²) >= 11 is 0. The third kappa shape index (κ3) is 8.34. The van der Waals surface area contributed by atoms with Crippen LogP contribution in [0.15, 0.2) is 0 Å². The number of carbonyl (C=O) groups is 3. The molecule has 3 amide bonds. The predicted molar refractivity (Wildman–Crippen MR) is 75.3 cm³/mol. The summed E-state index contributed by atoms with van der Waals surface area (Å²) in [7, 11) is 0. The first-order chi connectivity index (χ1) is 9.23. The van der Waals surface area contributed by atoms with Crippen LogP contribution in [-0.2, 0) is 9.59 Å². The summed E-state index contributed by atoms with van der Waals surface area (Å²) in [5, 5.41) is 16.5. The van der Waals surface area contributed by atoms with Gasteiger partial charge in [0.2, 0.25) is 5.91 Å². The summed E-state index contributed by atoms with van der Waals surface area (Å²) < 4.78 is 0. The molecule has 7 heteroatoms. The number of carboxylic acids is 1. The highest BCUT2D eigenvalue weighted by atomic mass is 16.4. The maximum Gasteiger partial charge on any atom is 0.326 e. The van der Waals surface area contributed by atoms with Crippen molar-refractivity contribution in [1.82, 2.24) is 16.0 Å². The molecule has 1 atom stereocenters. The fourth-order valence-electron chi connectivity index (χ4n) is 1.40. The molecule has 0 fully saturated rings. The summed E-state index contributed by atoms with van der Waals surface area (Å²) in [4.78, 5) is 33.8. The van der Waals surface area contributed by atoms with E-state index in [1.807, 2.05) is 13.8 Å². The normalized spacial score (nSPS) is 12.1. The smallest absolute Gasteiger partial charge is 0.326 e. The lowest BCUT2D eigenvalue weighted by Gasteiger charge is -2.18. The first-order valence-corrected chi connectivity index (χ1v) is 6.77.